The van der Waals surface area contributed by atoms with Crippen molar-refractivity contribution in [2.75, 3.05) is 19.6 Å². The highest BCUT2D eigenvalue weighted by atomic mass is 19.4. The summed E-state index contributed by atoms with van der Waals surface area (Å²) < 4.78 is 35.5. The lowest BCUT2D eigenvalue weighted by Crippen LogP contribution is -2.34. The van der Waals surface area contributed by atoms with E-state index >= 15 is 0 Å². The second-order valence-electron chi connectivity index (χ2n) is 4.76. The third-order valence-electron chi connectivity index (χ3n) is 3.13. The second kappa shape index (κ2) is 7.93. The van der Waals surface area contributed by atoms with Crippen molar-refractivity contribution in [1.82, 2.24) is 10.6 Å². The van der Waals surface area contributed by atoms with E-state index in [0.717, 1.165) is 25.9 Å². The molecule has 0 aromatic carbocycles. The summed E-state index contributed by atoms with van der Waals surface area (Å²) in [5, 5.41) is 6.53. The van der Waals surface area contributed by atoms with Gasteiger partial charge in [0, 0.05) is 12.5 Å². The number of rotatable bonds is 7. The maximum atomic E-state index is 11.8. The van der Waals surface area contributed by atoms with Crippen molar-refractivity contribution in [2.24, 2.45) is 0 Å². The highest BCUT2D eigenvalue weighted by Gasteiger charge is 2.25. The van der Waals surface area contributed by atoms with E-state index in [4.69, 9.17) is 0 Å². The van der Waals surface area contributed by atoms with E-state index in [2.05, 4.69) is 10.6 Å². The molecule has 0 spiro atoms. The number of hydrogen-bond acceptors (Lipinski definition) is 2. The van der Waals surface area contributed by atoms with E-state index in [1.165, 1.54) is 19.3 Å². The molecular formula is C12H23F3N2. The maximum Gasteiger partial charge on any atom is 0.389 e. The van der Waals surface area contributed by atoms with Gasteiger partial charge >= 0.3 is 6.18 Å². The Bertz CT molecular complexity index is 189. The molecule has 0 amide bonds. The Kier molecular flexibility index (Phi) is 6.89. The molecule has 1 fully saturated rings. The third-order valence-corrected chi connectivity index (χ3v) is 3.13. The quantitative estimate of drug-likeness (QED) is 0.681. The largest absolute Gasteiger partial charge is 0.389 e. The van der Waals surface area contributed by atoms with E-state index in [-0.39, 0.29) is 6.42 Å². The van der Waals surface area contributed by atoms with Crippen molar-refractivity contribution in [2.45, 2.75) is 57.2 Å². The summed E-state index contributed by atoms with van der Waals surface area (Å²) in [6.45, 7) is 2.41. The Morgan fingerprint density at radius 2 is 1.88 bits per heavy atom. The molecule has 5 heteroatoms. The van der Waals surface area contributed by atoms with Gasteiger partial charge in [0.25, 0.3) is 0 Å². The minimum Gasteiger partial charge on any atom is -0.317 e. The summed E-state index contributed by atoms with van der Waals surface area (Å²) in [7, 11) is 0. The van der Waals surface area contributed by atoms with Crippen LogP contribution in [0.5, 0.6) is 0 Å². The highest BCUT2D eigenvalue weighted by molar-refractivity contribution is 4.72. The minimum atomic E-state index is -4.01. The van der Waals surface area contributed by atoms with Crippen LogP contribution in [0.15, 0.2) is 0 Å². The molecule has 0 aromatic rings. The predicted molar refractivity (Wildman–Crippen MR) is 63.0 cm³/mol. The molecule has 1 atom stereocenters. The number of halogens is 3. The highest BCUT2D eigenvalue weighted by Crippen LogP contribution is 2.20. The van der Waals surface area contributed by atoms with Crippen molar-refractivity contribution >= 4 is 0 Å². The molecule has 2 N–H and O–H groups in total. The summed E-state index contributed by atoms with van der Waals surface area (Å²) in [6, 6.07) is 0.626. The van der Waals surface area contributed by atoms with E-state index in [9.17, 15) is 13.2 Å². The van der Waals surface area contributed by atoms with Crippen LogP contribution in [0.4, 0.5) is 13.2 Å². The van der Waals surface area contributed by atoms with Gasteiger partial charge in [0.15, 0.2) is 0 Å². The van der Waals surface area contributed by atoms with Gasteiger partial charge in [-0.3, -0.25) is 0 Å². The van der Waals surface area contributed by atoms with Crippen molar-refractivity contribution in [3.63, 3.8) is 0 Å². The smallest absolute Gasteiger partial charge is 0.317 e. The van der Waals surface area contributed by atoms with E-state index in [0.29, 0.717) is 12.6 Å². The van der Waals surface area contributed by atoms with Gasteiger partial charge in [0.2, 0.25) is 0 Å². The van der Waals surface area contributed by atoms with Gasteiger partial charge in [-0.05, 0) is 51.7 Å². The standard InChI is InChI=1S/C12H23F3N2/c13-12(14,15)7-4-9-16-8-3-6-11-5-1-2-10-17-11/h11,16-17H,1-10H2. The molecule has 0 bridgehead atoms. The molecule has 1 saturated heterocycles. The van der Waals surface area contributed by atoms with E-state index < -0.39 is 12.6 Å². The zero-order valence-electron chi connectivity index (χ0n) is 10.3. The topological polar surface area (TPSA) is 24.1 Å². The van der Waals surface area contributed by atoms with Crippen LogP contribution < -0.4 is 10.6 Å². The predicted octanol–water partition coefficient (Wildman–Crippen LogP) is 2.84. The summed E-state index contributed by atoms with van der Waals surface area (Å²) in [6.07, 6.45) is 1.50. The van der Waals surface area contributed by atoms with Gasteiger partial charge in [-0.25, -0.2) is 0 Å². The average molecular weight is 252 g/mol. The maximum absolute atomic E-state index is 11.8. The van der Waals surface area contributed by atoms with Crippen LogP contribution in [0.1, 0.15) is 44.9 Å². The number of hydrogen-bond donors (Lipinski definition) is 2. The van der Waals surface area contributed by atoms with Crippen LogP contribution in [0.2, 0.25) is 0 Å². The van der Waals surface area contributed by atoms with Crippen molar-refractivity contribution in [1.29, 1.82) is 0 Å². The second-order valence-corrected chi connectivity index (χ2v) is 4.76. The minimum absolute atomic E-state index is 0.186. The zero-order valence-corrected chi connectivity index (χ0v) is 10.3. The average Bonchev–Trinajstić information content (AvgIpc) is 2.28. The van der Waals surface area contributed by atoms with Crippen LogP contribution in [-0.4, -0.2) is 31.9 Å². The molecule has 1 aliphatic rings. The normalized spacial score (nSPS) is 21.7. The fourth-order valence-corrected chi connectivity index (χ4v) is 2.18. The molecule has 1 aliphatic heterocycles. The van der Waals surface area contributed by atoms with Crippen molar-refractivity contribution in [3.05, 3.63) is 0 Å². The number of alkyl halides is 3. The fourth-order valence-electron chi connectivity index (χ4n) is 2.18. The Morgan fingerprint density at radius 1 is 1.12 bits per heavy atom. The molecule has 1 unspecified atom stereocenters. The third kappa shape index (κ3) is 8.44. The molecular weight excluding hydrogens is 229 g/mol. The molecule has 1 rings (SSSR count). The molecule has 0 aromatic heterocycles. The molecule has 17 heavy (non-hydrogen) atoms. The van der Waals surface area contributed by atoms with Crippen LogP contribution in [0, 0.1) is 0 Å². The Labute approximate surface area is 101 Å². The van der Waals surface area contributed by atoms with Crippen LogP contribution in [0.25, 0.3) is 0 Å². The Hall–Kier alpha value is -0.290. The van der Waals surface area contributed by atoms with Crippen molar-refractivity contribution in [3.8, 4) is 0 Å². The van der Waals surface area contributed by atoms with Crippen molar-refractivity contribution < 1.29 is 13.2 Å². The SMILES string of the molecule is FC(F)(F)CCCNCCCC1CCCCN1. The first-order chi connectivity index (χ1) is 8.08. The molecule has 0 aliphatic carbocycles. The molecule has 1 heterocycles. The van der Waals surface area contributed by atoms with Crippen LogP contribution >= 0.6 is 0 Å². The molecule has 0 radical (unpaired) electrons. The van der Waals surface area contributed by atoms with E-state index in [1.807, 2.05) is 0 Å². The number of piperidine rings is 1. The van der Waals surface area contributed by atoms with Gasteiger partial charge in [0.05, 0.1) is 0 Å². The van der Waals surface area contributed by atoms with Crippen LogP contribution in [-0.2, 0) is 0 Å². The molecule has 2 nitrogen and oxygen atoms in total. The van der Waals surface area contributed by atoms with Gasteiger partial charge in [-0.15, -0.1) is 0 Å². The Balaban J connectivity index is 1.84. The van der Waals surface area contributed by atoms with Gasteiger partial charge in [0.1, 0.15) is 0 Å². The lowest BCUT2D eigenvalue weighted by atomic mass is 10.0. The fraction of sp³-hybridized carbons (Fsp3) is 1.00. The van der Waals surface area contributed by atoms with Crippen LogP contribution in [0.3, 0.4) is 0 Å². The number of nitrogens with one attached hydrogen (secondary N) is 2. The molecule has 102 valence electrons. The first-order valence-electron chi connectivity index (χ1n) is 6.59. The van der Waals surface area contributed by atoms with Gasteiger partial charge in [-0.2, -0.15) is 13.2 Å². The Morgan fingerprint density at radius 3 is 2.53 bits per heavy atom. The van der Waals surface area contributed by atoms with E-state index in [1.54, 1.807) is 0 Å². The lowest BCUT2D eigenvalue weighted by molar-refractivity contribution is -0.135. The monoisotopic (exact) mass is 252 g/mol. The summed E-state index contributed by atoms with van der Waals surface area (Å²) in [5.74, 6) is 0. The summed E-state index contributed by atoms with van der Waals surface area (Å²) in [5.41, 5.74) is 0. The first-order valence-corrected chi connectivity index (χ1v) is 6.59. The summed E-state index contributed by atoms with van der Waals surface area (Å²) >= 11 is 0. The summed E-state index contributed by atoms with van der Waals surface area (Å²) in [4.78, 5) is 0. The zero-order chi connectivity index (χ0) is 12.6. The molecule has 0 saturated carbocycles. The first kappa shape index (κ1) is 14.8. The van der Waals surface area contributed by atoms with Gasteiger partial charge < -0.3 is 10.6 Å². The lowest BCUT2D eigenvalue weighted by Gasteiger charge is -2.23. The van der Waals surface area contributed by atoms with Gasteiger partial charge in [-0.1, -0.05) is 6.42 Å².